The average Bonchev–Trinajstić information content (AvgIpc) is 2.92. The molecule has 0 spiro atoms. The van der Waals surface area contributed by atoms with Crippen molar-refractivity contribution in [2.45, 2.75) is 78.1 Å². The third-order valence-electron chi connectivity index (χ3n) is 6.55. The fourth-order valence-electron chi connectivity index (χ4n) is 4.38. The van der Waals surface area contributed by atoms with Gasteiger partial charge >= 0.3 is 5.97 Å². The highest BCUT2D eigenvalue weighted by Crippen LogP contribution is 2.36. The Bertz CT molecular complexity index is 1120. The number of hydrogen-bond donors (Lipinski definition) is 0. The maximum Gasteiger partial charge on any atom is 0.338 e. The number of esters is 1. The van der Waals surface area contributed by atoms with Crippen molar-refractivity contribution in [2.75, 3.05) is 6.61 Å². The number of ether oxygens (including phenoxy) is 2. The normalized spacial score (nSPS) is 10.8. The molecule has 196 valence electrons. The minimum atomic E-state index is -0.431. The lowest BCUT2D eigenvalue weighted by atomic mass is 9.99. The van der Waals surface area contributed by atoms with Crippen molar-refractivity contribution in [3.63, 3.8) is 0 Å². The highest BCUT2D eigenvalue weighted by Gasteiger charge is 2.14. The molecule has 0 saturated heterocycles. The van der Waals surface area contributed by atoms with Gasteiger partial charge in [-0.15, -0.1) is 0 Å². The van der Waals surface area contributed by atoms with Crippen LogP contribution in [0.3, 0.4) is 0 Å². The van der Waals surface area contributed by atoms with E-state index < -0.39 is 5.97 Å². The van der Waals surface area contributed by atoms with Gasteiger partial charge in [0.2, 0.25) is 0 Å². The predicted molar refractivity (Wildman–Crippen MR) is 155 cm³/mol. The van der Waals surface area contributed by atoms with Crippen LogP contribution in [-0.2, 0) is 4.79 Å². The number of carbonyl (C=O) groups is 1. The molecule has 0 fully saturated rings. The molecule has 0 saturated carbocycles. The molecule has 0 aliphatic carbocycles. The molecular formula is C34H42O3. The van der Waals surface area contributed by atoms with E-state index in [-0.39, 0.29) is 0 Å². The van der Waals surface area contributed by atoms with Gasteiger partial charge in [-0.3, -0.25) is 0 Å². The van der Waals surface area contributed by atoms with Crippen LogP contribution in [0.2, 0.25) is 0 Å². The summed E-state index contributed by atoms with van der Waals surface area (Å²) in [6.45, 7) is 8.37. The Balaban J connectivity index is 1.59. The van der Waals surface area contributed by atoms with Crippen molar-refractivity contribution < 1.29 is 14.3 Å². The standard InChI is InChI=1S/C34H42O3/c1-4-5-6-7-8-9-10-11-12-16-24-36-31-21-17-20-30(25-31)32-23-22-29(28-18-14-13-15-19-28)26-33(32)37-34(35)27(2)3/h13-15,17-23,25-26H,2,4-12,16,24H2,1,3H3. The second kappa shape index (κ2) is 15.7. The first-order valence-corrected chi connectivity index (χ1v) is 13.9. The number of hydrogen-bond acceptors (Lipinski definition) is 3. The summed E-state index contributed by atoms with van der Waals surface area (Å²) in [5.41, 5.74) is 4.21. The smallest absolute Gasteiger partial charge is 0.338 e. The lowest BCUT2D eigenvalue weighted by Gasteiger charge is -2.14. The van der Waals surface area contributed by atoms with Crippen molar-refractivity contribution in [1.82, 2.24) is 0 Å². The van der Waals surface area contributed by atoms with E-state index in [1.54, 1.807) is 6.92 Å². The maximum absolute atomic E-state index is 12.4. The van der Waals surface area contributed by atoms with Gasteiger partial charge in [-0.25, -0.2) is 4.79 Å². The molecule has 0 amide bonds. The molecule has 3 heteroatoms. The molecule has 0 aromatic heterocycles. The number of benzene rings is 3. The van der Waals surface area contributed by atoms with Crippen molar-refractivity contribution in [1.29, 1.82) is 0 Å². The molecule has 3 nitrogen and oxygen atoms in total. The summed E-state index contributed by atoms with van der Waals surface area (Å²) >= 11 is 0. The lowest BCUT2D eigenvalue weighted by molar-refractivity contribution is -0.130. The van der Waals surface area contributed by atoms with Gasteiger partial charge in [0.25, 0.3) is 0 Å². The van der Waals surface area contributed by atoms with E-state index in [0.29, 0.717) is 17.9 Å². The summed E-state index contributed by atoms with van der Waals surface area (Å²) in [7, 11) is 0. The zero-order valence-electron chi connectivity index (χ0n) is 22.6. The van der Waals surface area contributed by atoms with E-state index in [1.165, 1.54) is 57.8 Å². The molecule has 37 heavy (non-hydrogen) atoms. The Kier molecular flexibility index (Phi) is 12.0. The third-order valence-corrected chi connectivity index (χ3v) is 6.55. The fraction of sp³-hybridized carbons (Fsp3) is 0.382. The quantitative estimate of drug-likeness (QED) is 0.0853. The van der Waals surface area contributed by atoms with Crippen LogP contribution in [0.15, 0.2) is 84.9 Å². The molecular weight excluding hydrogens is 456 g/mol. The van der Waals surface area contributed by atoms with Gasteiger partial charge in [0.05, 0.1) is 6.61 Å². The van der Waals surface area contributed by atoms with E-state index in [2.05, 4.69) is 19.6 Å². The molecule has 3 rings (SSSR count). The topological polar surface area (TPSA) is 35.5 Å². The minimum Gasteiger partial charge on any atom is -0.494 e. The average molecular weight is 499 g/mol. The zero-order chi connectivity index (χ0) is 26.3. The Hall–Kier alpha value is -3.33. The molecule has 3 aromatic carbocycles. The summed E-state index contributed by atoms with van der Waals surface area (Å²) in [6.07, 6.45) is 13.1. The Labute approximate surface area is 223 Å². The Morgan fingerprint density at radius 2 is 1.35 bits per heavy atom. The lowest BCUT2D eigenvalue weighted by Crippen LogP contribution is -2.09. The van der Waals surface area contributed by atoms with Crippen LogP contribution >= 0.6 is 0 Å². The summed E-state index contributed by atoms with van der Waals surface area (Å²) < 4.78 is 11.8. The molecule has 0 atom stereocenters. The van der Waals surface area contributed by atoms with E-state index in [0.717, 1.165) is 34.4 Å². The van der Waals surface area contributed by atoms with E-state index in [4.69, 9.17) is 9.47 Å². The number of unbranched alkanes of at least 4 members (excludes halogenated alkanes) is 9. The first-order chi connectivity index (χ1) is 18.1. The predicted octanol–water partition coefficient (Wildman–Crippen LogP) is 9.80. The van der Waals surface area contributed by atoms with Crippen LogP contribution in [0.5, 0.6) is 11.5 Å². The van der Waals surface area contributed by atoms with Gasteiger partial charge < -0.3 is 9.47 Å². The second-order valence-corrected chi connectivity index (χ2v) is 9.81. The third kappa shape index (κ3) is 9.57. The molecule has 3 aromatic rings. The fourth-order valence-corrected chi connectivity index (χ4v) is 4.38. The van der Waals surface area contributed by atoms with Crippen molar-refractivity contribution in [2.24, 2.45) is 0 Å². The van der Waals surface area contributed by atoms with E-state index in [1.807, 2.05) is 66.7 Å². The second-order valence-electron chi connectivity index (χ2n) is 9.81. The van der Waals surface area contributed by atoms with Gasteiger partial charge in [-0.2, -0.15) is 0 Å². The highest BCUT2D eigenvalue weighted by atomic mass is 16.5. The van der Waals surface area contributed by atoms with Gasteiger partial charge in [0.15, 0.2) is 0 Å². The zero-order valence-corrected chi connectivity index (χ0v) is 22.6. The maximum atomic E-state index is 12.4. The van der Waals surface area contributed by atoms with Gasteiger partial charge in [-0.05, 0) is 48.2 Å². The van der Waals surface area contributed by atoms with Crippen LogP contribution in [0.1, 0.15) is 78.1 Å². The molecule has 0 aliphatic heterocycles. The van der Waals surface area contributed by atoms with Crippen LogP contribution < -0.4 is 9.47 Å². The van der Waals surface area contributed by atoms with Crippen molar-refractivity contribution >= 4 is 5.97 Å². The van der Waals surface area contributed by atoms with Crippen LogP contribution in [0, 0.1) is 0 Å². The Morgan fingerprint density at radius 1 is 0.703 bits per heavy atom. The summed E-state index contributed by atoms with van der Waals surface area (Å²) in [6, 6.07) is 24.1. The SMILES string of the molecule is C=C(C)C(=O)Oc1cc(-c2ccccc2)ccc1-c1cccc(OCCCCCCCCCCCC)c1. The summed E-state index contributed by atoms with van der Waals surface area (Å²) in [5, 5.41) is 0. The first kappa shape index (κ1) is 28.2. The van der Waals surface area contributed by atoms with Crippen molar-refractivity contribution in [3.05, 3.63) is 84.9 Å². The van der Waals surface area contributed by atoms with Gasteiger partial charge in [-0.1, -0.05) is 126 Å². The minimum absolute atomic E-state index is 0.365. The summed E-state index contributed by atoms with van der Waals surface area (Å²) in [4.78, 5) is 12.4. The largest absolute Gasteiger partial charge is 0.494 e. The molecule has 0 unspecified atom stereocenters. The van der Waals surface area contributed by atoms with E-state index in [9.17, 15) is 4.79 Å². The number of rotatable bonds is 16. The van der Waals surface area contributed by atoms with Gasteiger partial charge in [0, 0.05) is 11.1 Å². The van der Waals surface area contributed by atoms with Crippen LogP contribution in [-0.4, -0.2) is 12.6 Å². The van der Waals surface area contributed by atoms with Crippen molar-refractivity contribution in [3.8, 4) is 33.8 Å². The highest BCUT2D eigenvalue weighted by molar-refractivity contribution is 5.90. The molecule has 0 aliphatic rings. The van der Waals surface area contributed by atoms with Crippen LogP contribution in [0.25, 0.3) is 22.3 Å². The number of carbonyl (C=O) groups excluding carboxylic acids is 1. The molecule has 0 heterocycles. The molecule has 0 bridgehead atoms. The van der Waals surface area contributed by atoms with E-state index >= 15 is 0 Å². The Morgan fingerprint density at radius 3 is 2.03 bits per heavy atom. The monoisotopic (exact) mass is 498 g/mol. The van der Waals surface area contributed by atoms with Gasteiger partial charge in [0.1, 0.15) is 11.5 Å². The summed E-state index contributed by atoms with van der Waals surface area (Å²) in [5.74, 6) is 0.916. The first-order valence-electron chi connectivity index (χ1n) is 13.9. The molecule has 0 N–H and O–H groups in total. The van der Waals surface area contributed by atoms with Crippen LogP contribution in [0.4, 0.5) is 0 Å². The molecule has 0 radical (unpaired) electrons.